The summed E-state index contributed by atoms with van der Waals surface area (Å²) >= 11 is 5.94. The molecule has 0 unspecified atom stereocenters. The van der Waals surface area contributed by atoms with Crippen LogP contribution < -0.4 is 10.2 Å². The van der Waals surface area contributed by atoms with Crippen molar-refractivity contribution >= 4 is 24.2 Å². The fraction of sp³-hybridized carbons (Fsp3) is 0.400. The summed E-state index contributed by atoms with van der Waals surface area (Å²) in [6.45, 7) is 2.65. The van der Waals surface area contributed by atoms with Crippen molar-refractivity contribution in [3.8, 4) is 5.75 Å². The first kappa shape index (κ1) is 12.4. The molecule has 0 atom stereocenters. The molecule has 0 aliphatic heterocycles. The summed E-state index contributed by atoms with van der Waals surface area (Å²) in [5.74, 6) is 0.496. The van der Waals surface area contributed by atoms with Gasteiger partial charge in [0.05, 0.1) is 11.6 Å². The average Bonchev–Trinajstić information content (AvgIpc) is 2.20. The number of halogens is 1. The second kappa shape index (κ2) is 6.00. The molecule has 0 aliphatic rings. The average molecular weight is 228 g/mol. The Balaban J connectivity index is 2.75. The lowest BCUT2D eigenvalue weighted by Gasteiger charge is -2.10. The van der Waals surface area contributed by atoms with Gasteiger partial charge in [0.2, 0.25) is 0 Å². The highest BCUT2D eigenvalue weighted by molar-refractivity contribution is 6.63. The third-order valence-corrected chi connectivity index (χ3v) is 2.43. The summed E-state index contributed by atoms with van der Waals surface area (Å²) in [4.78, 5) is 0. The molecule has 82 valence electrons. The number of rotatable bonds is 5. The van der Waals surface area contributed by atoms with E-state index in [1.54, 1.807) is 18.2 Å². The van der Waals surface area contributed by atoms with Crippen molar-refractivity contribution in [2.45, 2.75) is 19.8 Å². The predicted octanol–water partition coefficient (Wildman–Crippen LogP) is 1.20. The Hall–Kier alpha value is -0.705. The minimum atomic E-state index is -1.56. The Morgan fingerprint density at radius 1 is 1.40 bits per heavy atom. The molecule has 0 heterocycles. The van der Waals surface area contributed by atoms with E-state index < -0.39 is 7.12 Å². The number of benzene rings is 1. The van der Waals surface area contributed by atoms with Crippen molar-refractivity contribution in [3.05, 3.63) is 23.2 Å². The van der Waals surface area contributed by atoms with Crippen LogP contribution in [0.5, 0.6) is 5.75 Å². The van der Waals surface area contributed by atoms with Crippen LogP contribution in [0.3, 0.4) is 0 Å². The topological polar surface area (TPSA) is 49.7 Å². The molecule has 3 nitrogen and oxygen atoms in total. The van der Waals surface area contributed by atoms with Crippen LogP contribution in [0.1, 0.15) is 19.8 Å². The summed E-state index contributed by atoms with van der Waals surface area (Å²) in [6, 6.07) is 4.95. The highest BCUT2D eigenvalue weighted by Gasteiger charge is 2.17. The maximum atomic E-state index is 9.02. The Kier molecular flexibility index (Phi) is 4.95. The van der Waals surface area contributed by atoms with Gasteiger partial charge in [-0.05, 0) is 12.5 Å². The van der Waals surface area contributed by atoms with E-state index in [4.69, 9.17) is 26.4 Å². The quantitative estimate of drug-likeness (QED) is 0.588. The first-order chi connectivity index (χ1) is 7.16. The lowest BCUT2D eigenvalue weighted by molar-refractivity contribution is 0.309. The third-order valence-electron chi connectivity index (χ3n) is 2.03. The number of unbranched alkanes of at least 4 members (excludes halogenated alkanes) is 1. The molecular weight excluding hydrogens is 214 g/mol. The zero-order chi connectivity index (χ0) is 11.3. The highest BCUT2D eigenvalue weighted by Crippen LogP contribution is 2.22. The normalized spacial score (nSPS) is 10.1. The zero-order valence-corrected chi connectivity index (χ0v) is 9.37. The van der Waals surface area contributed by atoms with Crippen LogP contribution in [0.15, 0.2) is 18.2 Å². The summed E-state index contributed by atoms with van der Waals surface area (Å²) in [7, 11) is -1.56. The molecule has 5 heteroatoms. The molecule has 1 aromatic rings. The van der Waals surface area contributed by atoms with E-state index in [1.807, 2.05) is 0 Å². The van der Waals surface area contributed by atoms with Crippen molar-refractivity contribution in [1.82, 2.24) is 0 Å². The molecule has 0 fully saturated rings. The molecule has 0 saturated carbocycles. The van der Waals surface area contributed by atoms with Gasteiger partial charge in [-0.3, -0.25) is 0 Å². The fourth-order valence-electron chi connectivity index (χ4n) is 1.17. The second-order valence-corrected chi connectivity index (χ2v) is 3.61. The third kappa shape index (κ3) is 3.41. The minimum absolute atomic E-state index is 0.267. The van der Waals surface area contributed by atoms with Crippen molar-refractivity contribution < 1.29 is 14.8 Å². The van der Waals surface area contributed by atoms with E-state index in [-0.39, 0.29) is 10.5 Å². The monoisotopic (exact) mass is 228 g/mol. The number of ether oxygens (including phenoxy) is 1. The molecule has 0 saturated heterocycles. The molecule has 15 heavy (non-hydrogen) atoms. The molecule has 1 rings (SSSR count). The van der Waals surface area contributed by atoms with Crippen molar-refractivity contribution in [2.75, 3.05) is 6.61 Å². The molecule has 0 aliphatic carbocycles. The van der Waals surface area contributed by atoms with Crippen LogP contribution in [-0.4, -0.2) is 23.8 Å². The van der Waals surface area contributed by atoms with Crippen LogP contribution in [-0.2, 0) is 0 Å². The van der Waals surface area contributed by atoms with Gasteiger partial charge < -0.3 is 14.8 Å². The highest BCUT2D eigenvalue weighted by atomic mass is 35.5. The summed E-state index contributed by atoms with van der Waals surface area (Å²) in [6.07, 6.45) is 1.99. The van der Waals surface area contributed by atoms with E-state index in [0.29, 0.717) is 12.4 Å². The number of hydrogen-bond donors (Lipinski definition) is 2. The van der Waals surface area contributed by atoms with Gasteiger partial charge in [0.15, 0.2) is 0 Å². The van der Waals surface area contributed by atoms with Gasteiger partial charge in [-0.15, -0.1) is 0 Å². The van der Waals surface area contributed by atoms with Crippen molar-refractivity contribution in [1.29, 1.82) is 0 Å². The Bertz CT molecular complexity index is 318. The molecule has 1 aromatic carbocycles. The van der Waals surface area contributed by atoms with Crippen LogP contribution in [0, 0.1) is 0 Å². The Labute approximate surface area is 94.8 Å². The van der Waals surface area contributed by atoms with Gasteiger partial charge in [-0.1, -0.05) is 37.1 Å². The van der Waals surface area contributed by atoms with Crippen molar-refractivity contribution in [3.63, 3.8) is 0 Å². The van der Waals surface area contributed by atoms with Gasteiger partial charge in [0.25, 0.3) is 0 Å². The molecule has 0 aromatic heterocycles. The maximum Gasteiger partial charge on any atom is 0.490 e. The van der Waals surface area contributed by atoms with E-state index in [9.17, 15) is 0 Å². The van der Waals surface area contributed by atoms with E-state index in [0.717, 1.165) is 12.8 Å². The standard InChI is InChI=1S/C10H14BClO3/c1-2-3-7-15-9-6-4-5-8(10(9)12)11(13)14/h4-6,13-14H,2-3,7H2,1H3. The fourth-order valence-corrected chi connectivity index (χ4v) is 1.44. The van der Waals surface area contributed by atoms with Crippen molar-refractivity contribution in [2.24, 2.45) is 0 Å². The van der Waals surface area contributed by atoms with E-state index in [1.165, 1.54) is 0 Å². The lowest BCUT2D eigenvalue weighted by atomic mass is 9.80. The van der Waals surface area contributed by atoms with Crippen LogP contribution in [0.25, 0.3) is 0 Å². The van der Waals surface area contributed by atoms with Gasteiger partial charge in [-0.2, -0.15) is 0 Å². The molecule has 0 radical (unpaired) electrons. The molecule has 0 spiro atoms. The predicted molar refractivity (Wildman–Crippen MR) is 61.7 cm³/mol. The molecule has 0 amide bonds. The second-order valence-electron chi connectivity index (χ2n) is 3.24. The molecule has 2 N–H and O–H groups in total. The molecule has 0 bridgehead atoms. The first-order valence-corrected chi connectivity index (χ1v) is 5.32. The molecular formula is C10H14BClO3. The van der Waals surface area contributed by atoms with Crippen LogP contribution in [0.2, 0.25) is 5.02 Å². The SMILES string of the molecule is CCCCOc1cccc(B(O)O)c1Cl. The minimum Gasteiger partial charge on any atom is -0.492 e. The van der Waals surface area contributed by atoms with E-state index >= 15 is 0 Å². The van der Waals surface area contributed by atoms with Crippen LogP contribution >= 0.6 is 11.6 Å². The largest absolute Gasteiger partial charge is 0.492 e. The van der Waals surface area contributed by atoms with E-state index in [2.05, 4.69) is 6.92 Å². The Morgan fingerprint density at radius 3 is 2.73 bits per heavy atom. The summed E-state index contributed by atoms with van der Waals surface area (Å²) in [5, 5.41) is 18.3. The van der Waals surface area contributed by atoms with Gasteiger partial charge in [-0.25, -0.2) is 0 Å². The van der Waals surface area contributed by atoms with Gasteiger partial charge in [0.1, 0.15) is 5.75 Å². The first-order valence-electron chi connectivity index (χ1n) is 4.94. The maximum absolute atomic E-state index is 9.02. The summed E-state index contributed by atoms with van der Waals surface area (Å²) in [5.41, 5.74) is 0.269. The van der Waals surface area contributed by atoms with Crippen LogP contribution in [0.4, 0.5) is 0 Å². The van der Waals surface area contributed by atoms with Gasteiger partial charge in [0, 0.05) is 5.46 Å². The zero-order valence-electron chi connectivity index (χ0n) is 8.61. The van der Waals surface area contributed by atoms with Gasteiger partial charge >= 0.3 is 7.12 Å². The lowest BCUT2D eigenvalue weighted by Crippen LogP contribution is -2.30. The smallest absolute Gasteiger partial charge is 0.490 e. The summed E-state index contributed by atoms with van der Waals surface area (Å²) < 4.78 is 5.41. The Morgan fingerprint density at radius 2 is 2.13 bits per heavy atom. The number of hydrogen-bond acceptors (Lipinski definition) is 3.